The van der Waals surface area contributed by atoms with Gasteiger partial charge in [0.05, 0.1) is 0 Å². The number of fused-ring (bicyclic) bond motifs is 1. The molecule has 3 aromatic rings. The standard InChI is InChI=1S/C23H27F3N6O2/c1-5-13(2)20(34)29-17-8-6-7-16(11-17)12-27-19(33)10-9-18-14(3)28-22-30-21(23(24,25)26)31-32(22)15(18)4/h6-8,11,13H,5,9-10,12H2,1-4H3,(H,27,33)(H,29,34). The van der Waals surface area contributed by atoms with E-state index in [2.05, 4.69) is 25.7 Å². The molecule has 0 radical (unpaired) electrons. The summed E-state index contributed by atoms with van der Waals surface area (Å²) < 4.78 is 39.9. The number of anilines is 1. The molecule has 2 amide bonds. The molecule has 182 valence electrons. The summed E-state index contributed by atoms with van der Waals surface area (Å²) in [6.07, 6.45) is -3.51. The lowest BCUT2D eigenvalue weighted by molar-refractivity contribution is -0.144. The molecule has 0 saturated carbocycles. The number of nitrogens with one attached hydrogen (secondary N) is 2. The van der Waals surface area contributed by atoms with Crippen molar-refractivity contribution in [3.63, 3.8) is 0 Å². The first-order valence-electron chi connectivity index (χ1n) is 11.0. The highest BCUT2D eigenvalue weighted by molar-refractivity contribution is 5.92. The van der Waals surface area contributed by atoms with Gasteiger partial charge in [-0.2, -0.15) is 18.2 Å². The molecule has 1 atom stereocenters. The molecule has 0 aliphatic carbocycles. The fourth-order valence-electron chi connectivity index (χ4n) is 3.43. The van der Waals surface area contributed by atoms with E-state index in [0.717, 1.165) is 16.5 Å². The number of alkyl halides is 3. The van der Waals surface area contributed by atoms with Gasteiger partial charge in [-0.1, -0.05) is 26.0 Å². The summed E-state index contributed by atoms with van der Waals surface area (Å²) in [5.74, 6) is -1.75. The van der Waals surface area contributed by atoms with E-state index in [1.165, 1.54) is 0 Å². The average Bonchev–Trinajstić information content (AvgIpc) is 3.22. The van der Waals surface area contributed by atoms with E-state index >= 15 is 0 Å². The maximum absolute atomic E-state index is 12.9. The zero-order chi connectivity index (χ0) is 25.0. The summed E-state index contributed by atoms with van der Waals surface area (Å²) in [5.41, 5.74) is 3.10. The number of carbonyl (C=O) groups is 2. The normalized spacial score (nSPS) is 12.6. The quantitative estimate of drug-likeness (QED) is 0.512. The van der Waals surface area contributed by atoms with Crippen molar-refractivity contribution in [3.8, 4) is 0 Å². The van der Waals surface area contributed by atoms with E-state index in [-0.39, 0.29) is 36.5 Å². The molecule has 0 aliphatic heterocycles. The smallest absolute Gasteiger partial charge is 0.352 e. The summed E-state index contributed by atoms with van der Waals surface area (Å²) in [6, 6.07) is 7.23. The zero-order valence-corrected chi connectivity index (χ0v) is 19.5. The summed E-state index contributed by atoms with van der Waals surface area (Å²) in [7, 11) is 0. The minimum atomic E-state index is -4.66. The lowest BCUT2D eigenvalue weighted by Gasteiger charge is -2.12. The van der Waals surface area contributed by atoms with Crippen LogP contribution in [0.4, 0.5) is 18.9 Å². The maximum atomic E-state index is 12.9. The van der Waals surface area contributed by atoms with Crippen molar-refractivity contribution in [1.82, 2.24) is 24.9 Å². The molecule has 34 heavy (non-hydrogen) atoms. The Balaban J connectivity index is 1.61. The number of hydrogen-bond acceptors (Lipinski definition) is 5. The molecule has 2 heterocycles. The number of halogens is 3. The summed E-state index contributed by atoms with van der Waals surface area (Å²) >= 11 is 0. The van der Waals surface area contributed by atoms with E-state index in [0.29, 0.717) is 29.1 Å². The van der Waals surface area contributed by atoms with Gasteiger partial charge in [-0.3, -0.25) is 9.59 Å². The van der Waals surface area contributed by atoms with Crippen LogP contribution >= 0.6 is 0 Å². The van der Waals surface area contributed by atoms with Crippen LogP contribution in [0, 0.1) is 19.8 Å². The van der Waals surface area contributed by atoms with E-state index in [9.17, 15) is 22.8 Å². The van der Waals surface area contributed by atoms with Gasteiger partial charge in [0.1, 0.15) is 0 Å². The number of amides is 2. The van der Waals surface area contributed by atoms with Gasteiger partial charge in [0.25, 0.3) is 11.6 Å². The molecule has 0 spiro atoms. The van der Waals surface area contributed by atoms with Crippen LogP contribution in [0.3, 0.4) is 0 Å². The van der Waals surface area contributed by atoms with Crippen LogP contribution in [-0.2, 0) is 28.7 Å². The number of carbonyl (C=O) groups excluding carboxylic acids is 2. The zero-order valence-electron chi connectivity index (χ0n) is 19.5. The van der Waals surface area contributed by atoms with Crippen LogP contribution in [0.1, 0.15) is 55.0 Å². The molecule has 0 aliphatic rings. The van der Waals surface area contributed by atoms with Crippen molar-refractivity contribution in [2.45, 2.75) is 59.7 Å². The third-order valence-electron chi connectivity index (χ3n) is 5.65. The van der Waals surface area contributed by atoms with Crippen LogP contribution < -0.4 is 10.6 Å². The van der Waals surface area contributed by atoms with Crippen LogP contribution in [0.2, 0.25) is 0 Å². The number of aromatic nitrogens is 4. The Morgan fingerprint density at radius 1 is 1.18 bits per heavy atom. The lowest BCUT2D eigenvalue weighted by Crippen LogP contribution is -2.24. The largest absolute Gasteiger partial charge is 0.453 e. The SMILES string of the molecule is CCC(C)C(=O)Nc1cccc(CNC(=O)CCc2c(C)nc3nc(C(F)(F)F)nn3c2C)c1. The molecule has 8 nitrogen and oxygen atoms in total. The summed E-state index contributed by atoms with van der Waals surface area (Å²) in [4.78, 5) is 32.1. The van der Waals surface area contributed by atoms with Gasteiger partial charge >= 0.3 is 6.18 Å². The Morgan fingerprint density at radius 3 is 2.59 bits per heavy atom. The van der Waals surface area contributed by atoms with E-state index in [1.54, 1.807) is 32.0 Å². The average molecular weight is 477 g/mol. The topological polar surface area (TPSA) is 101 Å². The Bertz CT molecular complexity index is 1210. The number of rotatable bonds is 8. The van der Waals surface area contributed by atoms with Crippen molar-refractivity contribution < 1.29 is 22.8 Å². The maximum Gasteiger partial charge on any atom is 0.453 e. The van der Waals surface area contributed by atoms with Crippen LogP contribution in [0.5, 0.6) is 0 Å². The van der Waals surface area contributed by atoms with E-state index in [4.69, 9.17) is 0 Å². The Hall–Kier alpha value is -3.50. The molecular formula is C23H27F3N6O2. The molecule has 2 N–H and O–H groups in total. The van der Waals surface area contributed by atoms with Crippen LogP contribution in [0.25, 0.3) is 5.78 Å². The van der Waals surface area contributed by atoms with Crippen molar-refractivity contribution in [3.05, 3.63) is 52.6 Å². The summed E-state index contributed by atoms with van der Waals surface area (Å²) in [6.45, 7) is 7.37. The van der Waals surface area contributed by atoms with Crippen LogP contribution in [-0.4, -0.2) is 31.4 Å². The minimum absolute atomic E-state index is 0.0604. The predicted octanol–water partition coefficient (Wildman–Crippen LogP) is 3.99. The molecule has 0 saturated heterocycles. The Labute approximate surface area is 195 Å². The number of aryl methyl sites for hydroxylation is 2. The monoisotopic (exact) mass is 476 g/mol. The first-order chi connectivity index (χ1) is 16.0. The molecule has 3 rings (SSSR count). The van der Waals surface area contributed by atoms with Gasteiger partial charge < -0.3 is 10.6 Å². The Kier molecular flexibility index (Phi) is 7.53. The predicted molar refractivity (Wildman–Crippen MR) is 120 cm³/mol. The number of hydrogen-bond donors (Lipinski definition) is 2. The van der Waals surface area contributed by atoms with Gasteiger partial charge in [0.2, 0.25) is 11.8 Å². The Morgan fingerprint density at radius 2 is 1.91 bits per heavy atom. The second-order valence-electron chi connectivity index (χ2n) is 8.18. The van der Waals surface area contributed by atoms with E-state index < -0.39 is 12.0 Å². The first-order valence-corrected chi connectivity index (χ1v) is 11.0. The molecule has 1 unspecified atom stereocenters. The molecule has 0 fully saturated rings. The number of benzene rings is 1. The van der Waals surface area contributed by atoms with E-state index in [1.807, 2.05) is 19.9 Å². The van der Waals surface area contributed by atoms with Crippen molar-refractivity contribution in [2.75, 3.05) is 5.32 Å². The third kappa shape index (κ3) is 5.89. The van der Waals surface area contributed by atoms with Gasteiger partial charge in [0.15, 0.2) is 0 Å². The van der Waals surface area contributed by atoms with Gasteiger partial charge in [-0.05, 0) is 49.9 Å². The van der Waals surface area contributed by atoms with Crippen molar-refractivity contribution >= 4 is 23.3 Å². The van der Waals surface area contributed by atoms with Crippen LogP contribution in [0.15, 0.2) is 24.3 Å². The van der Waals surface area contributed by atoms with Gasteiger partial charge in [-0.15, -0.1) is 5.10 Å². The van der Waals surface area contributed by atoms with Crippen molar-refractivity contribution in [2.24, 2.45) is 5.92 Å². The molecule has 0 bridgehead atoms. The fraction of sp³-hybridized carbons (Fsp3) is 0.435. The highest BCUT2D eigenvalue weighted by Crippen LogP contribution is 2.27. The molecule has 11 heteroatoms. The fourth-order valence-corrected chi connectivity index (χ4v) is 3.43. The molecule has 2 aromatic heterocycles. The van der Waals surface area contributed by atoms with Gasteiger partial charge in [0, 0.05) is 36.0 Å². The van der Waals surface area contributed by atoms with Gasteiger partial charge in [-0.25, -0.2) is 9.50 Å². The molecular weight excluding hydrogens is 449 g/mol. The first kappa shape index (κ1) is 25.1. The highest BCUT2D eigenvalue weighted by Gasteiger charge is 2.37. The lowest BCUT2D eigenvalue weighted by atomic mass is 10.1. The highest BCUT2D eigenvalue weighted by atomic mass is 19.4. The summed E-state index contributed by atoms with van der Waals surface area (Å²) in [5, 5.41) is 9.21. The van der Waals surface area contributed by atoms with Crippen molar-refractivity contribution in [1.29, 1.82) is 0 Å². The minimum Gasteiger partial charge on any atom is -0.352 e. The second-order valence-corrected chi connectivity index (χ2v) is 8.18. The molecule has 1 aromatic carbocycles. The third-order valence-corrected chi connectivity index (χ3v) is 5.65. The second kappa shape index (κ2) is 10.2. The number of nitrogens with zero attached hydrogens (tertiary/aromatic N) is 4.